The van der Waals surface area contributed by atoms with E-state index in [4.69, 9.17) is 17.3 Å². The first-order valence-electron chi connectivity index (χ1n) is 5.36. The Balaban J connectivity index is 0.00000289. The van der Waals surface area contributed by atoms with Crippen LogP contribution in [0.3, 0.4) is 0 Å². The molecule has 0 fully saturated rings. The molecule has 0 aliphatic carbocycles. The Morgan fingerprint density at radius 2 is 2.17 bits per heavy atom. The van der Waals surface area contributed by atoms with Crippen LogP contribution in [0.15, 0.2) is 18.2 Å². The van der Waals surface area contributed by atoms with E-state index in [2.05, 4.69) is 0 Å². The summed E-state index contributed by atoms with van der Waals surface area (Å²) in [5, 5.41) is 0.271. The van der Waals surface area contributed by atoms with Crippen LogP contribution in [0.4, 0.5) is 4.39 Å². The second-order valence-electron chi connectivity index (χ2n) is 3.97. The van der Waals surface area contributed by atoms with Gasteiger partial charge in [-0.25, -0.2) is 4.39 Å². The van der Waals surface area contributed by atoms with Crippen molar-refractivity contribution < 1.29 is 9.18 Å². The molecule has 6 heteroatoms. The molecule has 0 bridgehead atoms. The van der Waals surface area contributed by atoms with Gasteiger partial charge in [0.1, 0.15) is 5.82 Å². The van der Waals surface area contributed by atoms with E-state index in [1.165, 1.54) is 17.0 Å². The van der Waals surface area contributed by atoms with Crippen molar-refractivity contribution >= 4 is 29.9 Å². The molecule has 3 nitrogen and oxygen atoms in total. The predicted octanol–water partition coefficient (Wildman–Crippen LogP) is 2.25. The zero-order chi connectivity index (χ0) is 13.0. The molecule has 102 valence electrons. The molecule has 0 spiro atoms. The summed E-state index contributed by atoms with van der Waals surface area (Å²) in [4.78, 5) is 13.4. The van der Waals surface area contributed by atoms with Crippen molar-refractivity contribution in [2.45, 2.75) is 19.4 Å². The molecule has 1 rings (SSSR count). The van der Waals surface area contributed by atoms with E-state index in [1.807, 2.05) is 6.92 Å². The van der Waals surface area contributed by atoms with Crippen molar-refractivity contribution in [3.05, 3.63) is 34.6 Å². The van der Waals surface area contributed by atoms with Gasteiger partial charge in [-0.1, -0.05) is 17.7 Å². The highest BCUT2D eigenvalue weighted by Crippen LogP contribution is 2.20. The number of carbonyl (C=O) groups is 1. The van der Waals surface area contributed by atoms with Crippen LogP contribution in [-0.4, -0.2) is 30.4 Å². The van der Waals surface area contributed by atoms with Crippen LogP contribution in [0, 0.1) is 5.82 Å². The molecule has 0 saturated carbocycles. The topological polar surface area (TPSA) is 46.3 Å². The summed E-state index contributed by atoms with van der Waals surface area (Å²) >= 11 is 5.86. The van der Waals surface area contributed by atoms with Crippen LogP contribution < -0.4 is 5.73 Å². The van der Waals surface area contributed by atoms with Crippen molar-refractivity contribution in [2.75, 3.05) is 13.6 Å². The van der Waals surface area contributed by atoms with Crippen LogP contribution in [-0.2, 0) is 11.2 Å². The third kappa shape index (κ3) is 4.12. The summed E-state index contributed by atoms with van der Waals surface area (Å²) in [6.45, 7) is 2.20. The molecular formula is C12H17Cl2FN2O. The van der Waals surface area contributed by atoms with Crippen LogP contribution in [0.1, 0.15) is 12.5 Å². The number of nitrogens with zero attached hydrogens (tertiary/aromatic N) is 1. The smallest absolute Gasteiger partial charge is 0.227 e. The summed E-state index contributed by atoms with van der Waals surface area (Å²) < 4.78 is 13.5. The molecule has 1 atom stereocenters. The second-order valence-corrected chi connectivity index (χ2v) is 4.37. The Hall–Kier alpha value is -0.840. The van der Waals surface area contributed by atoms with Gasteiger partial charge in [-0.05, 0) is 19.1 Å². The Kier molecular flexibility index (Phi) is 7.21. The van der Waals surface area contributed by atoms with Gasteiger partial charge >= 0.3 is 0 Å². The monoisotopic (exact) mass is 294 g/mol. The van der Waals surface area contributed by atoms with Crippen LogP contribution in [0.2, 0.25) is 5.02 Å². The van der Waals surface area contributed by atoms with Gasteiger partial charge in [0, 0.05) is 30.2 Å². The van der Waals surface area contributed by atoms with Crippen LogP contribution >= 0.6 is 24.0 Å². The zero-order valence-corrected chi connectivity index (χ0v) is 11.9. The fourth-order valence-corrected chi connectivity index (χ4v) is 1.61. The summed E-state index contributed by atoms with van der Waals surface area (Å²) in [5.74, 6) is -0.658. The largest absolute Gasteiger partial charge is 0.341 e. The number of halogens is 3. The number of hydrogen-bond donors (Lipinski definition) is 1. The molecule has 1 aromatic carbocycles. The van der Waals surface area contributed by atoms with Gasteiger partial charge in [0.25, 0.3) is 0 Å². The maximum absolute atomic E-state index is 13.5. The standard InChI is InChI=1S/C12H16ClFN2O.ClH/c1-8(7-15)16(2)12(17)6-9-10(13)4-3-5-11(9)14;/h3-5,8H,6-7,15H2,1-2H3;1H. The minimum absolute atomic E-state index is 0. The van der Waals surface area contributed by atoms with Crippen LogP contribution in [0.5, 0.6) is 0 Å². The van der Waals surface area contributed by atoms with Gasteiger partial charge in [-0.15, -0.1) is 12.4 Å². The molecule has 1 aromatic rings. The van der Waals surface area contributed by atoms with Crippen molar-refractivity contribution in [1.82, 2.24) is 4.90 Å². The molecule has 0 heterocycles. The number of likely N-dealkylation sites (N-methyl/N-ethyl adjacent to an activating group) is 1. The lowest BCUT2D eigenvalue weighted by Gasteiger charge is -2.23. The van der Waals surface area contributed by atoms with Crippen molar-refractivity contribution in [3.63, 3.8) is 0 Å². The first-order chi connectivity index (χ1) is 7.97. The minimum Gasteiger partial charge on any atom is -0.341 e. The van der Waals surface area contributed by atoms with Gasteiger partial charge in [-0.3, -0.25) is 4.79 Å². The van der Waals surface area contributed by atoms with Crippen molar-refractivity contribution in [3.8, 4) is 0 Å². The summed E-state index contributed by atoms with van der Waals surface area (Å²) in [6, 6.07) is 4.30. The first kappa shape index (κ1) is 17.2. The fourth-order valence-electron chi connectivity index (χ4n) is 1.38. The number of rotatable bonds is 4. The SMILES string of the molecule is CC(CN)N(C)C(=O)Cc1c(F)cccc1Cl.Cl. The van der Waals surface area contributed by atoms with Crippen LogP contribution in [0.25, 0.3) is 0 Å². The highest BCUT2D eigenvalue weighted by molar-refractivity contribution is 6.31. The molecule has 0 aliphatic rings. The second kappa shape index (κ2) is 7.56. The van der Waals surface area contributed by atoms with Gasteiger partial charge in [0.15, 0.2) is 0 Å². The maximum atomic E-state index is 13.5. The van der Waals surface area contributed by atoms with Gasteiger partial charge in [0.2, 0.25) is 5.91 Å². The van der Waals surface area contributed by atoms with E-state index in [0.717, 1.165) is 0 Å². The van der Waals surface area contributed by atoms with Gasteiger partial charge < -0.3 is 10.6 Å². The molecular weight excluding hydrogens is 278 g/mol. The summed E-state index contributed by atoms with van der Waals surface area (Å²) in [5.41, 5.74) is 5.70. The lowest BCUT2D eigenvalue weighted by Crippen LogP contribution is -2.40. The van der Waals surface area contributed by atoms with Crippen molar-refractivity contribution in [1.29, 1.82) is 0 Å². The number of benzene rings is 1. The normalized spacial score (nSPS) is 11.6. The lowest BCUT2D eigenvalue weighted by molar-refractivity contribution is -0.130. The fraction of sp³-hybridized carbons (Fsp3) is 0.417. The Bertz CT molecular complexity index is 395. The average molecular weight is 295 g/mol. The molecule has 18 heavy (non-hydrogen) atoms. The predicted molar refractivity (Wildman–Crippen MR) is 73.6 cm³/mol. The van der Waals surface area contributed by atoms with Gasteiger partial charge in [-0.2, -0.15) is 0 Å². The number of carbonyl (C=O) groups excluding carboxylic acids is 1. The maximum Gasteiger partial charge on any atom is 0.227 e. The Morgan fingerprint density at radius 3 is 2.67 bits per heavy atom. The highest BCUT2D eigenvalue weighted by atomic mass is 35.5. The van der Waals surface area contributed by atoms with Gasteiger partial charge in [0.05, 0.1) is 6.42 Å². The quantitative estimate of drug-likeness (QED) is 0.926. The zero-order valence-electron chi connectivity index (χ0n) is 10.3. The number of amides is 1. The Labute approximate surface area is 118 Å². The van der Waals surface area contributed by atoms with E-state index in [0.29, 0.717) is 6.54 Å². The van der Waals surface area contributed by atoms with E-state index in [9.17, 15) is 9.18 Å². The Morgan fingerprint density at radius 1 is 1.56 bits per heavy atom. The third-order valence-electron chi connectivity index (χ3n) is 2.79. The van der Waals surface area contributed by atoms with Crippen molar-refractivity contribution in [2.24, 2.45) is 5.73 Å². The summed E-state index contributed by atoms with van der Waals surface area (Å²) in [7, 11) is 1.65. The minimum atomic E-state index is -0.459. The van der Waals surface area contributed by atoms with E-state index in [1.54, 1.807) is 13.1 Å². The molecule has 0 saturated heterocycles. The van der Waals surface area contributed by atoms with E-state index < -0.39 is 5.82 Å². The molecule has 0 aromatic heterocycles. The van der Waals surface area contributed by atoms with E-state index >= 15 is 0 Å². The third-order valence-corrected chi connectivity index (χ3v) is 3.14. The molecule has 1 amide bonds. The number of nitrogens with two attached hydrogens (primary N) is 1. The van der Waals surface area contributed by atoms with E-state index in [-0.39, 0.29) is 41.4 Å². The molecule has 0 radical (unpaired) electrons. The molecule has 1 unspecified atom stereocenters. The summed E-state index contributed by atoms with van der Waals surface area (Å²) in [6.07, 6.45) is -0.0493. The molecule has 0 aliphatic heterocycles. The molecule has 2 N–H and O–H groups in total. The average Bonchev–Trinajstić information content (AvgIpc) is 2.31. The first-order valence-corrected chi connectivity index (χ1v) is 5.73. The lowest BCUT2D eigenvalue weighted by atomic mass is 10.1. The highest BCUT2D eigenvalue weighted by Gasteiger charge is 2.18. The number of hydrogen-bond acceptors (Lipinski definition) is 2.